The summed E-state index contributed by atoms with van der Waals surface area (Å²) in [5, 5.41) is 8.13. The van der Waals surface area contributed by atoms with E-state index in [1.807, 2.05) is 19.9 Å². The molecule has 0 spiro atoms. The van der Waals surface area contributed by atoms with Crippen molar-refractivity contribution in [2.24, 2.45) is 0 Å². The first kappa shape index (κ1) is 7.66. The van der Waals surface area contributed by atoms with Crippen LogP contribution in [0.1, 0.15) is 13.8 Å². The van der Waals surface area contributed by atoms with Crippen molar-refractivity contribution in [3.05, 3.63) is 11.6 Å². The molecule has 0 bridgehead atoms. The van der Waals surface area contributed by atoms with Crippen molar-refractivity contribution in [1.82, 2.24) is 0 Å². The van der Waals surface area contributed by atoms with Gasteiger partial charge < -0.3 is 9.84 Å². The molecule has 0 atom stereocenters. The molecule has 0 aromatic carbocycles. The molecule has 48 valence electrons. The van der Waals surface area contributed by atoms with Crippen LogP contribution in [-0.4, -0.2) is 18.5 Å². The highest BCUT2D eigenvalue weighted by molar-refractivity contribution is 4.92. The third kappa shape index (κ3) is 5.66. The van der Waals surface area contributed by atoms with Crippen LogP contribution >= 0.6 is 0 Å². The maximum absolute atomic E-state index is 8.13. The number of allylic oxidation sites excluding steroid dienone is 1. The van der Waals surface area contributed by atoms with Gasteiger partial charge in [-0.3, -0.25) is 0 Å². The second-order valence-electron chi connectivity index (χ2n) is 1.78. The molecule has 1 N–H and O–H groups in total. The third-order valence-corrected chi connectivity index (χ3v) is 0.701. The highest BCUT2D eigenvalue weighted by atomic mass is 16.6. The highest BCUT2D eigenvalue weighted by Gasteiger charge is 1.76. The molecular formula is C6H12O2. The lowest BCUT2D eigenvalue weighted by Gasteiger charge is -1.92. The zero-order valence-corrected chi connectivity index (χ0v) is 5.35. The van der Waals surface area contributed by atoms with Crippen molar-refractivity contribution >= 4 is 0 Å². The van der Waals surface area contributed by atoms with Crippen molar-refractivity contribution in [1.29, 1.82) is 0 Å². The number of hydrogen-bond donors (Lipinski definition) is 1. The van der Waals surface area contributed by atoms with Crippen molar-refractivity contribution in [3.63, 3.8) is 0 Å². The molecule has 0 aliphatic heterocycles. The molecule has 0 aliphatic carbocycles. The van der Waals surface area contributed by atoms with Gasteiger partial charge in [0.1, 0.15) is 6.79 Å². The Labute approximate surface area is 49.8 Å². The minimum atomic E-state index is -0.191. The van der Waals surface area contributed by atoms with Crippen LogP contribution < -0.4 is 0 Å². The zero-order valence-electron chi connectivity index (χ0n) is 5.35. The van der Waals surface area contributed by atoms with Gasteiger partial charge in [-0.05, 0) is 13.8 Å². The smallest absolute Gasteiger partial charge is 0.143 e. The van der Waals surface area contributed by atoms with Crippen LogP contribution in [0.25, 0.3) is 0 Å². The van der Waals surface area contributed by atoms with Gasteiger partial charge in [-0.2, -0.15) is 0 Å². The van der Waals surface area contributed by atoms with Gasteiger partial charge in [0.25, 0.3) is 0 Å². The zero-order chi connectivity index (χ0) is 6.41. The maximum atomic E-state index is 8.13. The quantitative estimate of drug-likeness (QED) is 0.337. The summed E-state index contributed by atoms with van der Waals surface area (Å²) >= 11 is 0. The predicted molar refractivity (Wildman–Crippen MR) is 32.5 cm³/mol. The Morgan fingerprint density at radius 2 is 2.25 bits per heavy atom. The Balaban J connectivity index is 3.03. The van der Waals surface area contributed by atoms with Crippen LogP contribution in [0.15, 0.2) is 11.6 Å². The van der Waals surface area contributed by atoms with E-state index in [0.29, 0.717) is 6.61 Å². The lowest BCUT2D eigenvalue weighted by atomic mass is 10.3. The lowest BCUT2D eigenvalue weighted by molar-refractivity contribution is 0.0130. The summed E-state index contributed by atoms with van der Waals surface area (Å²) in [7, 11) is 0. The molecule has 8 heavy (non-hydrogen) atoms. The molecule has 0 aromatic rings. The van der Waals surface area contributed by atoms with Crippen LogP contribution in [0.4, 0.5) is 0 Å². The average molecular weight is 116 g/mol. The fraction of sp³-hybridized carbons (Fsp3) is 0.667. The van der Waals surface area contributed by atoms with E-state index in [9.17, 15) is 0 Å². The van der Waals surface area contributed by atoms with Crippen molar-refractivity contribution in [2.75, 3.05) is 13.4 Å². The first-order chi connectivity index (χ1) is 3.77. The molecule has 0 radical (unpaired) electrons. The van der Waals surface area contributed by atoms with Gasteiger partial charge in [-0.25, -0.2) is 0 Å². The molecule has 0 saturated heterocycles. The molecule has 2 heteroatoms. The summed E-state index contributed by atoms with van der Waals surface area (Å²) in [6.45, 7) is 4.30. The van der Waals surface area contributed by atoms with Crippen molar-refractivity contribution in [2.45, 2.75) is 13.8 Å². The van der Waals surface area contributed by atoms with Crippen LogP contribution in [0.2, 0.25) is 0 Å². The first-order valence-electron chi connectivity index (χ1n) is 2.59. The maximum Gasteiger partial charge on any atom is 0.143 e. The molecule has 0 heterocycles. The molecule has 0 fully saturated rings. The molecule has 2 nitrogen and oxygen atoms in total. The van der Waals surface area contributed by atoms with Gasteiger partial charge in [0.15, 0.2) is 0 Å². The van der Waals surface area contributed by atoms with Crippen LogP contribution in [-0.2, 0) is 4.74 Å². The summed E-state index contributed by atoms with van der Waals surface area (Å²) in [6, 6.07) is 0. The topological polar surface area (TPSA) is 29.5 Å². The normalized spacial score (nSPS) is 8.88. The summed E-state index contributed by atoms with van der Waals surface area (Å²) < 4.78 is 4.62. The Morgan fingerprint density at radius 3 is 2.62 bits per heavy atom. The van der Waals surface area contributed by atoms with Crippen molar-refractivity contribution in [3.8, 4) is 0 Å². The van der Waals surface area contributed by atoms with Gasteiger partial charge in [-0.15, -0.1) is 0 Å². The van der Waals surface area contributed by atoms with Crippen LogP contribution in [0, 0.1) is 0 Å². The molecule has 0 aliphatic rings. The summed E-state index contributed by atoms with van der Waals surface area (Å²) in [5.74, 6) is 0. The van der Waals surface area contributed by atoms with Gasteiger partial charge in [0, 0.05) is 0 Å². The second-order valence-corrected chi connectivity index (χ2v) is 1.78. The number of ether oxygens (including phenoxy) is 1. The first-order valence-corrected chi connectivity index (χ1v) is 2.59. The lowest BCUT2D eigenvalue weighted by Crippen LogP contribution is -1.91. The van der Waals surface area contributed by atoms with E-state index in [4.69, 9.17) is 5.11 Å². The summed E-state index contributed by atoms with van der Waals surface area (Å²) in [4.78, 5) is 0. The molecule has 0 saturated carbocycles. The van der Waals surface area contributed by atoms with Crippen LogP contribution in [0.5, 0.6) is 0 Å². The standard InChI is InChI=1S/C6H12O2/c1-6(2)3-4-8-5-7/h3,7H,4-5H2,1-2H3. The molecule has 0 amide bonds. The van der Waals surface area contributed by atoms with Crippen LogP contribution in [0.3, 0.4) is 0 Å². The second kappa shape index (κ2) is 4.81. The van der Waals surface area contributed by atoms with E-state index in [1.165, 1.54) is 5.57 Å². The number of rotatable bonds is 3. The Bertz CT molecular complexity index is 72.6. The average Bonchev–Trinajstić information content (AvgIpc) is 1.66. The summed E-state index contributed by atoms with van der Waals surface area (Å²) in [5.41, 5.74) is 1.21. The number of aliphatic hydroxyl groups excluding tert-OH is 1. The molecule has 0 aromatic heterocycles. The minimum absolute atomic E-state index is 0.191. The Morgan fingerprint density at radius 1 is 1.62 bits per heavy atom. The number of aliphatic hydroxyl groups is 1. The molecular weight excluding hydrogens is 104 g/mol. The van der Waals surface area contributed by atoms with Gasteiger partial charge in [0.2, 0.25) is 0 Å². The van der Waals surface area contributed by atoms with E-state index in [0.717, 1.165) is 0 Å². The largest absolute Gasteiger partial charge is 0.371 e. The Hall–Kier alpha value is -0.340. The summed E-state index contributed by atoms with van der Waals surface area (Å²) in [6.07, 6.45) is 1.91. The van der Waals surface area contributed by atoms with E-state index < -0.39 is 0 Å². The van der Waals surface area contributed by atoms with Gasteiger partial charge in [-0.1, -0.05) is 11.6 Å². The Kier molecular flexibility index (Phi) is 4.61. The fourth-order valence-electron chi connectivity index (χ4n) is 0.278. The fourth-order valence-corrected chi connectivity index (χ4v) is 0.278. The predicted octanol–water partition coefficient (Wildman–Crippen LogP) is 0.919. The van der Waals surface area contributed by atoms with E-state index in [-0.39, 0.29) is 6.79 Å². The number of hydrogen-bond acceptors (Lipinski definition) is 2. The van der Waals surface area contributed by atoms with Gasteiger partial charge >= 0.3 is 0 Å². The van der Waals surface area contributed by atoms with E-state index in [2.05, 4.69) is 4.74 Å². The van der Waals surface area contributed by atoms with E-state index >= 15 is 0 Å². The van der Waals surface area contributed by atoms with Crippen molar-refractivity contribution < 1.29 is 9.84 Å². The third-order valence-electron chi connectivity index (χ3n) is 0.701. The molecule has 0 unspecified atom stereocenters. The van der Waals surface area contributed by atoms with Gasteiger partial charge in [0.05, 0.1) is 6.61 Å². The SMILES string of the molecule is CC(C)=CCOCO. The monoisotopic (exact) mass is 116 g/mol. The van der Waals surface area contributed by atoms with E-state index in [1.54, 1.807) is 0 Å². The highest BCUT2D eigenvalue weighted by Crippen LogP contribution is 1.86. The minimum Gasteiger partial charge on any atom is -0.371 e. The molecule has 0 rings (SSSR count).